The Morgan fingerprint density at radius 3 is 2.13 bits per heavy atom. The van der Waals surface area contributed by atoms with E-state index in [9.17, 15) is 0 Å². The summed E-state index contributed by atoms with van der Waals surface area (Å²) in [4.78, 5) is 4.14. The van der Waals surface area contributed by atoms with Crippen molar-refractivity contribution >= 4 is 28.2 Å². The van der Waals surface area contributed by atoms with Gasteiger partial charge in [-0.3, -0.25) is 4.98 Å². The van der Waals surface area contributed by atoms with Gasteiger partial charge in [-0.2, -0.15) is 0 Å². The fourth-order valence-corrected chi connectivity index (χ4v) is 2.96. The molecule has 0 unspecified atom stereocenters. The summed E-state index contributed by atoms with van der Waals surface area (Å²) in [6.45, 7) is 7.96. The molecule has 0 bridgehead atoms. The topological polar surface area (TPSA) is 50.9 Å². The van der Waals surface area contributed by atoms with Crippen LogP contribution in [0.2, 0.25) is 5.02 Å². The third kappa shape index (κ3) is 7.51. The van der Waals surface area contributed by atoms with Gasteiger partial charge in [0, 0.05) is 35.4 Å². The number of benzene rings is 3. The van der Waals surface area contributed by atoms with Gasteiger partial charge in [-0.25, -0.2) is 0 Å². The summed E-state index contributed by atoms with van der Waals surface area (Å²) in [7, 11) is 0. The minimum Gasteiger partial charge on any atom is -0.398 e. The van der Waals surface area contributed by atoms with E-state index in [1.807, 2.05) is 32.0 Å². The Labute approximate surface area is 184 Å². The number of anilines is 1. The normalized spacial score (nSPS) is 9.87. The predicted molar refractivity (Wildman–Crippen MR) is 131 cm³/mol. The fourth-order valence-electron chi connectivity index (χ4n) is 2.80. The number of hydrogen-bond donors (Lipinski definition) is 2. The van der Waals surface area contributed by atoms with Crippen molar-refractivity contribution in [2.45, 2.75) is 33.9 Å². The molecule has 3 aromatic carbocycles. The molecule has 4 aromatic rings. The SMILES string of the molecule is CC.Cc1ccc(CNCc2ccccc2)cc1.Nc1ccnc2cc(Cl)ccc12. The van der Waals surface area contributed by atoms with Gasteiger partial charge in [-0.15, -0.1) is 0 Å². The van der Waals surface area contributed by atoms with E-state index in [0.717, 1.165) is 29.7 Å². The van der Waals surface area contributed by atoms with Crippen molar-refractivity contribution in [1.82, 2.24) is 10.3 Å². The monoisotopic (exact) mass is 419 g/mol. The highest BCUT2D eigenvalue weighted by Crippen LogP contribution is 2.21. The summed E-state index contributed by atoms with van der Waals surface area (Å²) >= 11 is 5.79. The summed E-state index contributed by atoms with van der Waals surface area (Å²) in [5.74, 6) is 0. The largest absolute Gasteiger partial charge is 0.398 e. The zero-order valence-corrected chi connectivity index (χ0v) is 18.7. The highest BCUT2D eigenvalue weighted by molar-refractivity contribution is 6.31. The number of nitrogen functional groups attached to an aromatic ring is 1. The van der Waals surface area contributed by atoms with E-state index in [4.69, 9.17) is 17.3 Å². The van der Waals surface area contributed by atoms with Crippen molar-refractivity contribution in [2.24, 2.45) is 0 Å². The second kappa shape index (κ2) is 12.6. The number of hydrogen-bond acceptors (Lipinski definition) is 3. The minimum absolute atomic E-state index is 0.681. The summed E-state index contributed by atoms with van der Waals surface area (Å²) in [6.07, 6.45) is 1.67. The molecule has 0 amide bonds. The van der Waals surface area contributed by atoms with Gasteiger partial charge in [0.1, 0.15) is 0 Å². The molecule has 156 valence electrons. The number of pyridine rings is 1. The highest BCUT2D eigenvalue weighted by Gasteiger charge is 1.98. The van der Waals surface area contributed by atoms with Crippen molar-refractivity contribution in [2.75, 3.05) is 5.73 Å². The van der Waals surface area contributed by atoms with E-state index in [-0.39, 0.29) is 0 Å². The van der Waals surface area contributed by atoms with Gasteiger partial charge < -0.3 is 11.1 Å². The number of rotatable bonds is 4. The van der Waals surface area contributed by atoms with E-state index >= 15 is 0 Å². The fraction of sp³-hybridized carbons (Fsp3) is 0.192. The first-order valence-electron chi connectivity index (χ1n) is 10.2. The first kappa shape index (κ1) is 23.4. The van der Waals surface area contributed by atoms with Crippen LogP contribution in [0.1, 0.15) is 30.5 Å². The molecule has 0 fully saturated rings. The van der Waals surface area contributed by atoms with Gasteiger partial charge in [0.05, 0.1) is 5.52 Å². The lowest BCUT2D eigenvalue weighted by atomic mass is 10.1. The molecule has 0 atom stereocenters. The van der Waals surface area contributed by atoms with Crippen LogP contribution in [0.4, 0.5) is 5.69 Å². The van der Waals surface area contributed by atoms with Crippen LogP contribution in [0.3, 0.4) is 0 Å². The second-order valence-electron chi connectivity index (χ2n) is 6.64. The van der Waals surface area contributed by atoms with Crippen LogP contribution in [0, 0.1) is 6.92 Å². The predicted octanol–water partition coefficient (Wildman–Crippen LogP) is 6.78. The molecule has 0 aliphatic carbocycles. The molecule has 30 heavy (non-hydrogen) atoms. The van der Waals surface area contributed by atoms with Gasteiger partial charge in [-0.1, -0.05) is 85.6 Å². The molecular formula is C26H30ClN3. The summed E-state index contributed by atoms with van der Waals surface area (Å²) in [5, 5.41) is 5.06. The first-order chi connectivity index (χ1) is 14.6. The lowest BCUT2D eigenvalue weighted by Crippen LogP contribution is -2.12. The van der Waals surface area contributed by atoms with Gasteiger partial charge >= 0.3 is 0 Å². The van der Waals surface area contributed by atoms with E-state index in [0.29, 0.717) is 5.02 Å². The first-order valence-corrected chi connectivity index (χ1v) is 10.6. The van der Waals surface area contributed by atoms with Gasteiger partial charge in [0.2, 0.25) is 0 Å². The van der Waals surface area contributed by atoms with Crippen LogP contribution >= 0.6 is 11.6 Å². The maximum atomic E-state index is 5.79. The molecule has 4 heteroatoms. The van der Waals surface area contributed by atoms with Crippen molar-refractivity contribution < 1.29 is 0 Å². The number of aryl methyl sites for hydroxylation is 1. The molecule has 0 spiro atoms. The smallest absolute Gasteiger partial charge is 0.0737 e. The average molecular weight is 420 g/mol. The zero-order valence-electron chi connectivity index (χ0n) is 17.9. The number of halogens is 1. The standard InChI is InChI=1S/C15H17N.C9H7ClN2.C2H6/c1-13-7-9-15(10-8-13)12-16-11-14-5-3-2-4-6-14;10-6-1-2-7-8(11)3-4-12-9(7)5-6;1-2/h2-10,16H,11-12H2,1H3;1-5H,(H2,11,12);1-2H3. The number of fused-ring (bicyclic) bond motifs is 1. The molecule has 0 radical (unpaired) electrons. The van der Waals surface area contributed by atoms with Crippen LogP contribution in [0.25, 0.3) is 10.9 Å². The Morgan fingerprint density at radius 1 is 0.833 bits per heavy atom. The number of nitrogens with one attached hydrogen (secondary N) is 1. The molecule has 1 aromatic heterocycles. The summed E-state index contributed by atoms with van der Waals surface area (Å²) in [6, 6.07) is 26.4. The minimum atomic E-state index is 0.681. The Morgan fingerprint density at radius 2 is 1.47 bits per heavy atom. The van der Waals surface area contributed by atoms with Crippen LogP contribution < -0.4 is 11.1 Å². The maximum Gasteiger partial charge on any atom is 0.0737 e. The van der Waals surface area contributed by atoms with Crippen molar-refractivity contribution in [1.29, 1.82) is 0 Å². The third-order valence-corrected chi connectivity index (χ3v) is 4.60. The molecule has 0 aliphatic heterocycles. The van der Waals surface area contributed by atoms with Crippen molar-refractivity contribution in [3.8, 4) is 0 Å². The van der Waals surface area contributed by atoms with Crippen LogP contribution in [0.5, 0.6) is 0 Å². The second-order valence-corrected chi connectivity index (χ2v) is 7.07. The molecule has 0 saturated carbocycles. The highest BCUT2D eigenvalue weighted by atomic mass is 35.5. The van der Waals surface area contributed by atoms with E-state index in [1.165, 1.54) is 16.7 Å². The molecule has 4 rings (SSSR count). The third-order valence-electron chi connectivity index (χ3n) is 4.36. The van der Waals surface area contributed by atoms with E-state index in [1.54, 1.807) is 18.3 Å². The quantitative estimate of drug-likeness (QED) is 0.383. The number of nitrogens with two attached hydrogens (primary N) is 1. The Bertz CT molecular complexity index is 1020. The molecule has 3 nitrogen and oxygen atoms in total. The molecule has 0 aliphatic rings. The summed E-state index contributed by atoms with van der Waals surface area (Å²) < 4.78 is 0. The summed E-state index contributed by atoms with van der Waals surface area (Å²) in [5.41, 5.74) is 11.3. The number of nitrogens with zero attached hydrogens (tertiary/aromatic N) is 1. The van der Waals surface area contributed by atoms with E-state index < -0.39 is 0 Å². The molecule has 0 saturated heterocycles. The van der Waals surface area contributed by atoms with Crippen molar-refractivity contribution in [3.63, 3.8) is 0 Å². The Kier molecular flexibility index (Phi) is 9.85. The average Bonchev–Trinajstić information content (AvgIpc) is 2.78. The van der Waals surface area contributed by atoms with Gasteiger partial charge in [-0.05, 0) is 42.3 Å². The maximum absolute atomic E-state index is 5.79. The van der Waals surface area contributed by atoms with Crippen LogP contribution in [-0.2, 0) is 13.1 Å². The van der Waals surface area contributed by atoms with E-state index in [2.05, 4.69) is 65.8 Å². The molecule has 3 N–H and O–H groups in total. The Balaban J connectivity index is 0.000000204. The van der Waals surface area contributed by atoms with Gasteiger partial charge in [0.25, 0.3) is 0 Å². The number of aromatic nitrogens is 1. The molecular weight excluding hydrogens is 390 g/mol. The Hall–Kier alpha value is -2.88. The van der Waals surface area contributed by atoms with Gasteiger partial charge in [0.15, 0.2) is 0 Å². The van der Waals surface area contributed by atoms with Crippen LogP contribution in [-0.4, -0.2) is 4.98 Å². The molecule has 1 heterocycles. The zero-order chi connectivity index (χ0) is 21.8. The van der Waals surface area contributed by atoms with Crippen molar-refractivity contribution in [3.05, 3.63) is 107 Å². The van der Waals surface area contributed by atoms with Crippen LogP contribution in [0.15, 0.2) is 85.1 Å². The lowest BCUT2D eigenvalue weighted by Gasteiger charge is -2.05. The lowest BCUT2D eigenvalue weighted by molar-refractivity contribution is 0.693.